The summed E-state index contributed by atoms with van der Waals surface area (Å²) in [4.78, 5) is 23.3. The minimum Gasteiger partial charge on any atom is -1.00 e. The number of carbonyl (C=O) groups is 2. The van der Waals surface area contributed by atoms with E-state index in [4.69, 9.17) is 9.11 Å². The second-order valence-corrected chi connectivity index (χ2v) is 7.90. The van der Waals surface area contributed by atoms with E-state index >= 15 is 0 Å². The summed E-state index contributed by atoms with van der Waals surface area (Å²) >= 11 is 0. The monoisotopic (exact) mass is 392 g/mol. The van der Waals surface area contributed by atoms with Crippen molar-refractivity contribution < 1.29 is 66.5 Å². The molecule has 2 aliphatic carbocycles. The fourth-order valence-electron chi connectivity index (χ4n) is 2.41. The molecule has 1 aromatic carbocycles. The Balaban J connectivity index is 0.00000169. The van der Waals surface area contributed by atoms with Crippen molar-refractivity contribution in [1.82, 2.24) is 0 Å². The van der Waals surface area contributed by atoms with Gasteiger partial charge in [-0.3, -0.25) is 18.7 Å². The van der Waals surface area contributed by atoms with Gasteiger partial charge in [0.1, 0.15) is 0 Å². The first kappa shape index (κ1) is 19.9. The molecule has 0 saturated carbocycles. The van der Waals surface area contributed by atoms with Gasteiger partial charge in [-0.1, -0.05) is 6.07 Å². The van der Waals surface area contributed by atoms with E-state index in [2.05, 4.69) is 0 Å². The number of rotatable bonds is 2. The van der Waals surface area contributed by atoms with Gasteiger partial charge in [-0.2, -0.15) is 16.8 Å². The Morgan fingerprint density at radius 3 is 2.04 bits per heavy atom. The van der Waals surface area contributed by atoms with Gasteiger partial charge in [-0.05, 0) is 29.8 Å². The van der Waals surface area contributed by atoms with Gasteiger partial charge in [0.25, 0.3) is 20.2 Å². The first-order chi connectivity index (χ1) is 11.0. The summed E-state index contributed by atoms with van der Waals surface area (Å²) in [6, 6.07) is 3.24. The Hall–Kier alpha value is -1.40. The molecule has 0 unspecified atom stereocenters. The van der Waals surface area contributed by atoms with Gasteiger partial charge >= 0.3 is 29.6 Å². The van der Waals surface area contributed by atoms with E-state index in [1.54, 1.807) is 0 Å². The number of fused-ring (bicyclic) bond motifs is 2. The second-order valence-electron chi connectivity index (χ2n) is 5.06. The van der Waals surface area contributed by atoms with Gasteiger partial charge in [0.2, 0.25) is 0 Å². The number of hydrogen-bond donors (Lipinski definition) is 2. The van der Waals surface area contributed by atoms with Crippen LogP contribution in [0.2, 0.25) is 0 Å². The Kier molecular flexibility index (Phi) is 5.10. The summed E-state index contributed by atoms with van der Waals surface area (Å²) < 4.78 is 62.8. The molecule has 0 aromatic heterocycles. The average Bonchev–Trinajstić information content (AvgIpc) is 2.46. The molecule has 0 fully saturated rings. The van der Waals surface area contributed by atoms with Crippen LogP contribution in [0.15, 0.2) is 51.3 Å². The van der Waals surface area contributed by atoms with Gasteiger partial charge in [-0.15, -0.1) is 0 Å². The molecule has 0 spiro atoms. The molecule has 1 aromatic rings. The van der Waals surface area contributed by atoms with Crippen LogP contribution in [0, 0.1) is 0 Å². The fraction of sp³-hybridized carbons (Fsp3) is 0. The first-order valence-corrected chi connectivity index (χ1v) is 9.20. The van der Waals surface area contributed by atoms with Crippen molar-refractivity contribution in [1.29, 1.82) is 0 Å². The SMILES string of the molecule is O=C1C=C(S(=O)(=O)O)C=C2C(=O)c3cc(S(=O)(=O)O)ccc3C=C12.[H-].[Na+]. The van der Waals surface area contributed by atoms with Crippen molar-refractivity contribution in [3.63, 3.8) is 0 Å². The molecule has 25 heavy (non-hydrogen) atoms. The zero-order valence-corrected chi connectivity index (χ0v) is 16.3. The summed E-state index contributed by atoms with van der Waals surface area (Å²) in [5.41, 5.74) is -0.226. The topological polar surface area (TPSA) is 143 Å². The minimum atomic E-state index is -4.69. The van der Waals surface area contributed by atoms with Crippen LogP contribution in [-0.4, -0.2) is 37.5 Å². The molecule has 8 nitrogen and oxygen atoms in total. The predicted octanol–water partition coefficient (Wildman–Crippen LogP) is -2.09. The summed E-state index contributed by atoms with van der Waals surface area (Å²) in [6.45, 7) is 0. The molecule has 2 aliphatic rings. The zero-order chi connectivity index (χ0) is 17.9. The molecule has 0 radical (unpaired) electrons. The van der Waals surface area contributed by atoms with Crippen LogP contribution in [0.3, 0.4) is 0 Å². The molecule has 0 bridgehead atoms. The number of ketones is 2. The number of hydrogen-bond acceptors (Lipinski definition) is 6. The van der Waals surface area contributed by atoms with Crippen LogP contribution < -0.4 is 29.6 Å². The van der Waals surface area contributed by atoms with Gasteiger partial charge in [0.15, 0.2) is 11.6 Å². The van der Waals surface area contributed by atoms with Gasteiger partial charge in [-0.25, -0.2) is 0 Å². The summed E-state index contributed by atoms with van der Waals surface area (Å²) in [5, 5.41) is 0. The normalized spacial score (nSPS) is 16.8. The number of carbonyl (C=O) groups excluding carboxylic acids is 2. The molecule has 0 heterocycles. The van der Waals surface area contributed by atoms with Gasteiger partial charge in [0, 0.05) is 22.8 Å². The Labute approximate surface area is 166 Å². The van der Waals surface area contributed by atoms with E-state index in [-0.39, 0.29) is 53.3 Å². The number of allylic oxidation sites excluding steroid dienone is 4. The maximum Gasteiger partial charge on any atom is 1.00 e. The van der Waals surface area contributed by atoms with Crippen molar-refractivity contribution in [3.05, 3.63) is 57.5 Å². The van der Waals surface area contributed by atoms with E-state index in [0.717, 1.165) is 18.2 Å². The van der Waals surface area contributed by atoms with Crippen molar-refractivity contribution in [2.45, 2.75) is 4.90 Å². The molecule has 0 atom stereocenters. The quantitative estimate of drug-likeness (QED) is 0.431. The van der Waals surface area contributed by atoms with E-state index in [9.17, 15) is 26.4 Å². The zero-order valence-electron chi connectivity index (χ0n) is 13.6. The van der Waals surface area contributed by atoms with Crippen molar-refractivity contribution in [2.75, 3.05) is 0 Å². The fourth-order valence-corrected chi connectivity index (χ4v) is 3.44. The average molecular weight is 392 g/mol. The van der Waals surface area contributed by atoms with E-state index in [0.29, 0.717) is 6.08 Å². The summed E-state index contributed by atoms with van der Waals surface area (Å²) in [5.74, 6) is -1.58. The molecule has 3 rings (SSSR count). The van der Waals surface area contributed by atoms with Crippen LogP contribution in [0.25, 0.3) is 6.08 Å². The molecule has 0 saturated heterocycles. The van der Waals surface area contributed by atoms with Crippen molar-refractivity contribution in [2.24, 2.45) is 0 Å². The molecule has 126 valence electrons. The molecule has 11 heteroatoms. The molecular formula is C14H9NaO8S2. The van der Waals surface area contributed by atoms with E-state index < -0.39 is 41.6 Å². The maximum atomic E-state index is 12.5. The van der Waals surface area contributed by atoms with Crippen LogP contribution in [-0.2, 0) is 25.0 Å². The molecule has 2 N–H and O–H groups in total. The van der Waals surface area contributed by atoms with Crippen LogP contribution in [0.4, 0.5) is 0 Å². The third-order valence-electron chi connectivity index (χ3n) is 3.53. The Morgan fingerprint density at radius 2 is 1.48 bits per heavy atom. The van der Waals surface area contributed by atoms with Crippen LogP contribution in [0.5, 0.6) is 0 Å². The minimum absolute atomic E-state index is 0. The predicted molar refractivity (Wildman–Crippen MR) is 82.4 cm³/mol. The third kappa shape index (κ3) is 3.60. The Bertz CT molecular complexity index is 1130. The summed E-state index contributed by atoms with van der Waals surface area (Å²) in [6.07, 6.45) is 2.83. The molecular weight excluding hydrogens is 383 g/mol. The van der Waals surface area contributed by atoms with Crippen molar-refractivity contribution >= 4 is 37.9 Å². The maximum absolute atomic E-state index is 12.5. The van der Waals surface area contributed by atoms with Gasteiger partial charge in [0.05, 0.1) is 9.80 Å². The van der Waals surface area contributed by atoms with Crippen LogP contribution >= 0.6 is 0 Å². The molecule has 0 amide bonds. The van der Waals surface area contributed by atoms with E-state index in [1.807, 2.05) is 0 Å². The van der Waals surface area contributed by atoms with E-state index in [1.165, 1.54) is 12.1 Å². The first-order valence-electron chi connectivity index (χ1n) is 6.32. The van der Waals surface area contributed by atoms with Gasteiger partial charge < -0.3 is 1.43 Å². The standard InChI is InChI=1S/C14H8O8S2.Na.H/c15-13-6-9(24(20,21)22)5-12-11(13)3-7-1-2-8(23(17,18)19)4-10(7)14(12)16;;/h1-6H,(H,17,18,19)(H,20,21,22);;/q;+1;-1. The number of Topliss-reactive ketones (excluding diaryl/α,β-unsaturated/α-hetero) is 1. The third-order valence-corrected chi connectivity index (χ3v) is 5.21. The smallest absolute Gasteiger partial charge is 1.00 e. The largest absolute Gasteiger partial charge is 1.00 e. The number of benzene rings is 1. The van der Waals surface area contributed by atoms with Crippen molar-refractivity contribution in [3.8, 4) is 0 Å². The Morgan fingerprint density at radius 1 is 0.840 bits per heavy atom. The summed E-state index contributed by atoms with van der Waals surface area (Å²) in [7, 11) is -9.23. The molecule has 0 aliphatic heterocycles. The second kappa shape index (κ2) is 6.40. The van der Waals surface area contributed by atoms with Crippen LogP contribution in [0.1, 0.15) is 17.3 Å².